The van der Waals surface area contributed by atoms with E-state index in [1.165, 1.54) is 18.3 Å². The van der Waals surface area contributed by atoms with Gasteiger partial charge in [0.2, 0.25) is 5.91 Å². The van der Waals surface area contributed by atoms with Gasteiger partial charge in [-0.3, -0.25) is 14.4 Å². The predicted molar refractivity (Wildman–Crippen MR) is 63.4 cm³/mol. The molecule has 0 bridgehead atoms. The summed E-state index contributed by atoms with van der Waals surface area (Å²) in [7, 11) is 0. The summed E-state index contributed by atoms with van der Waals surface area (Å²) in [5.74, 6) is -1.16. The lowest BCUT2D eigenvalue weighted by Crippen LogP contribution is -2.64. The minimum Gasteiger partial charge on any atom is -0.342 e. The van der Waals surface area contributed by atoms with Crippen molar-refractivity contribution in [1.29, 1.82) is 0 Å². The third kappa shape index (κ3) is 2.86. The fourth-order valence-electron chi connectivity index (χ4n) is 1.56. The number of nitrogens with zero attached hydrogens (tertiary/aromatic N) is 1. The highest BCUT2D eigenvalue weighted by atomic mass is 32.1. The second-order valence-electron chi connectivity index (χ2n) is 3.86. The van der Waals surface area contributed by atoms with Crippen molar-refractivity contribution in [3.63, 3.8) is 0 Å². The summed E-state index contributed by atoms with van der Waals surface area (Å²) in [4.78, 5) is 39.3. The van der Waals surface area contributed by atoms with Crippen LogP contribution in [0.1, 0.15) is 11.8 Å². The van der Waals surface area contributed by atoms with Gasteiger partial charge in [0, 0.05) is 11.8 Å². The number of thiophene rings is 1. The number of hydrogen-bond acceptors (Lipinski definition) is 5. The maximum atomic E-state index is 11.6. The molecule has 0 aliphatic carbocycles. The lowest BCUT2D eigenvalue weighted by Gasteiger charge is -2.35. The van der Waals surface area contributed by atoms with Crippen LogP contribution in [0.2, 0.25) is 0 Å². The summed E-state index contributed by atoms with van der Waals surface area (Å²) in [5.41, 5.74) is 0. The van der Waals surface area contributed by atoms with Crippen LogP contribution < -0.4 is 5.32 Å². The molecule has 2 rings (SSSR count). The van der Waals surface area contributed by atoms with Gasteiger partial charge in [-0.05, 0) is 11.4 Å². The molecular weight excluding hydrogens is 256 g/mol. The lowest BCUT2D eigenvalue weighted by atomic mass is 10.1. The van der Waals surface area contributed by atoms with Crippen LogP contribution in [-0.2, 0) is 25.6 Å². The van der Waals surface area contributed by atoms with E-state index in [-0.39, 0.29) is 18.9 Å². The minimum absolute atomic E-state index is 0.203. The molecule has 1 aromatic heterocycles. The summed E-state index contributed by atoms with van der Waals surface area (Å²) >= 11 is 1.49. The van der Waals surface area contributed by atoms with E-state index >= 15 is 0 Å². The Hall–Kier alpha value is -1.89. The highest BCUT2D eigenvalue weighted by Crippen LogP contribution is 2.12. The first-order chi connectivity index (χ1) is 8.56. The van der Waals surface area contributed by atoms with Gasteiger partial charge in [0.25, 0.3) is 5.91 Å². The molecule has 7 heteroatoms. The van der Waals surface area contributed by atoms with Crippen molar-refractivity contribution in [1.82, 2.24) is 10.4 Å². The molecule has 0 spiro atoms. The monoisotopic (exact) mass is 268 g/mol. The van der Waals surface area contributed by atoms with E-state index in [0.29, 0.717) is 0 Å². The predicted octanol–water partition coefficient (Wildman–Crippen LogP) is 0.0957. The Morgan fingerprint density at radius 3 is 2.94 bits per heavy atom. The fourth-order valence-corrected chi connectivity index (χ4v) is 2.26. The van der Waals surface area contributed by atoms with Gasteiger partial charge in [-0.2, -0.15) is 5.06 Å². The molecular formula is C11H12N2O4S. The molecule has 1 saturated heterocycles. The second kappa shape index (κ2) is 5.18. The number of carbonyl (C=O) groups is 3. The van der Waals surface area contributed by atoms with Crippen molar-refractivity contribution in [3.8, 4) is 0 Å². The van der Waals surface area contributed by atoms with E-state index in [2.05, 4.69) is 10.2 Å². The Balaban J connectivity index is 1.77. The quantitative estimate of drug-likeness (QED) is 0.786. The number of rotatable bonds is 4. The first-order valence-electron chi connectivity index (χ1n) is 5.38. The zero-order valence-corrected chi connectivity index (χ0v) is 10.5. The Labute approximate surface area is 107 Å². The molecule has 2 amide bonds. The number of amides is 2. The van der Waals surface area contributed by atoms with Gasteiger partial charge in [-0.25, -0.2) is 0 Å². The summed E-state index contributed by atoms with van der Waals surface area (Å²) in [6.07, 6.45) is 0.259. The Bertz CT molecular complexity index is 471. The van der Waals surface area contributed by atoms with E-state index in [0.717, 1.165) is 9.94 Å². The van der Waals surface area contributed by atoms with E-state index < -0.39 is 17.9 Å². The number of nitrogens with one attached hydrogen (secondary N) is 1. The van der Waals surface area contributed by atoms with Gasteiger partial charge in [0.1, 0.15) is 6.04 Å². The van der Waals surface area contributed by atoms with E-state index in [4.69, 9.17) is 0 Å². The van der Waals surface area contributed by atoms with Gasteiger partial charge in [-0.15, -0.1) is 11.3 Å². The number of hydroxylamine groups is 2. The Morgan fingerprint density at radius 1 is 1.61 bits per heavy atom. The molecule has 2 heterocycles. The van der Waals surface area contributed by atoms with E-state index in [9.17, 15) is 14.4 Å². The van der Waals surface area contributed by atoms with Crippen LogP contribution in [0.4, 0.5) is 0 Å². The molecule has 1 atom stereocenters. The maximum absolute atomic E-state index is 11.6. The minimum atomic E-state index is -0.586. The third-order valence-corrected chi connectivity index (χ3v) is 3.26. The second-order valence-corrected chi connectivity index (χ2v) is 4.89. The van der Waals surface area contributed by atoms with Crippen molar-refractivity contribution in [2.45, 2.75) is 19.4 Å². The molecule has 1 unspecified atom stereocenters. The summed E-state index contributed by atoms with van der Waals surface area (Å²) < 4.78 is 0. The molecule has 18 heavy (non-hydrogen) atoms. The van der Waals surface area contributed by atoms with Gasteiger partial charge in [0.15, 0.2) is 0 Å². The van der Waals surface area contributed by atoms with Crippen molar-refractivity contribution >= 4 is 29.1 Å². The molecule has 1 fully saturated rings. The summed E-state index contributed by atoms with van der Waals surface area (Å²) in [6, 6.07) is 3.14. The summed E-state index contributed by atoms with van der Waals surface area (Å²) in [6.45, 7) is 1.42. The maximum Gasteiger partial charge on any atom is 0.329 e. The van der Waals surface area contributed by atoms with Gasteiger partial charge in [-0.1, -0.05) is 6.07 Å². The van der Waals surface area contributed by atoms with Gasteiger partial charge in [0.05, 0.1) is 13.0 Å². The molecule has 0 saturated carbocycles. The van der Waals surface area contributed by atoms with Crippen LogP contribution in [0.15, 0.2) is 17.5 Å². The van der Waals surface area contributed by atoms with Crippen LogP contribution in [-0.4, -0.2) is 35.4 Å². The third-order valence-electron chi connectivity index (χ3n) is 2.38. The van der Waals surface area contributed by atoms with E-state index in [1.54, 1.807) is 0 Å². The number of hydrogen-bond donors (Lipinski definition) is 1. The Kier molecular flexibility index (Phi) is 3.61. The van der Waals surface area contributed by atoms with Gasteiger partial charge < -0.3 is 10.2 Å². The van der Waals surface area contributed by atoms with Crippen molar-refractivity contribution < 1.29 is 19.2 Å². The average molecular weight is 268 g/mol. The molecule has 1 aromatic rings. The van der Waals surface area contributed by atoms with Crippen molar-refractivity contribution in [2.24, 2.45) is 0 Å². The molecule has 6 nitrogen and oxygen atoms in total. The summed E-state index contributed by atoms with van der Waals surface area (Å²) in [5, 5.41) is 5.42. The molecule has 96 valence electrons. The van der Waals surface area contributed by atoms with E-state index in [1.807, 2.05) is 17.5 Å². The molecule has 1 aliphatic rings. The van der Waals surface area contributed by atoms with Crippen LogP contribution >= 0.6 is 11.3 Å². The van der Waals surface area contributed by atoms with Crippen LogP contribution in [0.3, 0.4) is 0 Å². The van der Waals surface area contributed by atoms with Crippen molar-refractivity contribution in [3.05, 3.63) is 22.4 Å². The van der Waals surface area contributed by atoms with Crippen molar-refractivity contribution in [2.75, 3.05) is 6.54 Å². The SMILES string of the molecule is CC(=O)ON1CC(NC(=O)Cc2cccs2)C1=O. The largest absolute Gasteiger partial charge is 0.342 e. The highest BCUT2D eigenvalue weighted by Gasteiger charge is 2.40. The molecule has 1 aliphatic heterocycles. The first-order valence-corrected chi connectivity index (χ1v) is 6.26. The number of β-lactam (4-membered cyclic amide) rings is 1. The van der Waals surface area contributed by atoms with Crippen LogP contribution in [0.5, 0.6) is 0 Å². The highest BCUT2D eigenvalue weighted by molar-refractivity contribution is 7.10. The zero-order valence-electron chi connectivity index (χ0n) is 9.71. The molecule has 0 aromatic carbocycles. The van der Waals surface area contributed by atoms with Crippen LogP contribution in [0.25, 0.3) is 0 Å². The lowest BCUT2D eigenvalue weighted by molar-refractivity contribution is -0.215. The topological polar surface area (TPSA) is 75.7 Å². The smallest absolute Gasteiger partial charge is 0.329 e. The number of carbonyl (C=O) groups excluding carboxylic acids is 3. The van der Waals surface area contributed by atoms with Crippen LogP contribution in [0, 0.1) is 0 Å². The first kappa shape index (κ1) is 12.6. The average Bonchev–Trinajstić information content (AvgIpc) is 2.79. The Morgan fingerprint density at radius 2 is 2.39 bits per heavy atom. The van der Waals surface area contributed by atoms with Gasteiger partial charge >= 0.3 is 5.97 Å². The molecule has 0 radical (unpaired) electrons. The fraction of sp³-hybridized carbons (Fsp3) is 0.364. The zero-order chi connectivity index (χ0) is 13.1. The standard InChI is InChI=1S/C11H12N2O4S/c1-7(14)17-13-6-9(11(13)16)12-10(15)5-8-3-2-4-18-8/h2-4,9H,5-6H2,1H3,(H,12,15). The normalized spacial score (nSPS) is 18.2. The molecule has 1 N–H and O–H groups in total.